The van der Waals surface area contributed by atoms with Crippen molar-refractivity contribution in [3.63, 3.8) is 0 Å². The summed E-state index contributed by atoms with van der Waals surface area (Å²) in [5.74, 6) is 0.948. The molecule has 0 aliphatic carbocycles. The second-order valence-electron chi connectivity index (χ2n) is 5.40. The van der Waals surface area contributed by atoms with Crippen LogP contribution in [0.3, 0.4) is 0 Å². The highest BCUT2D eigenvalue weighted by Crippen LogP contribution is 2.34. The summed E-state index contributed by atoms with van der Waals surface area (Å²) in [6.45, 7) is 0.268. The van der Waals surface area contributed by atoms with Gasteiger partial charge in [0.2, 0.25) is 0 Å². The molecule has 25 heavy (non-hydrogen) atoms. The third-order valence-electron chi connectivity index (χ3n) is 3.73. The zero-order chi connectivity index (χ0) is 17.8. The molecule has 0 unspecified atom stereocenters. The zero-order valence-corrected chi connectivity index (χ0v) is 14.7. The van der Waals surface area contributed by atoms with Gasteiger partial charge in [-0.15, -0.1) is 0 Å². The van der Waals surface area contributed by atoms with Crippen LogP contribution in [0.2, 0.25) is 0 Å². The summed E-state index contributed by atoms with van der Waals surface area (Å²) in [6.07, 6.45) is 1.68. The minimum Gasteiger partial charge on any atom is -0.497 e. The minimum absolute atomic E-state index is 0.268. The Morgan fingerprint density at radius 2 is 1.64 bits per heavy atom. The van der Waals surface area contributed by atoms with Gasteiger partial charge in [-0.05, 0) is 41.1 Å². The molecule has 2 amide bonds. The molecule has 0 aromatic heterocycles. The van der Waals surface area contributed by atoms with Crippen LogP contribution < -0.4 is 9.47 Å². The molecule has 1 saturated heterocycles. The number of hydrogen-bond acceptors (Lipinski definition) is 5. The van der Waals surface area contributed by atoms with Gasteiger partial charge in [0.1, 0.15) is 11.5 Å². The topological polar surface area (TPSA) is 55.8 Å². The number of carbonyl (C=O) groups is 2. The summed E-state index contributed by atoms with van der Waals surface area (Å²) in [7, 11) is 3.12. The van der Waals surface area contributed by atoms with Crippen LogP contribution in [0.4, 0.5) is 4.79 Å². The molecule has 3 rings (SSSR count). The van der Waals surface area contributed by atoms with Gasteiger partial charge in [0.05, 0.1) is 25.7 Å². The number of carbonyl (C=O) groups excluding carboxylic acids is 2. The SMILES string of the molecule is COc1cc(/C=C2\SC(=O)N(Cc3ccccc3)C2=O)cc(OC)c1. The molecule has 1 fully saturated rings. The molecule has 128 valence electrons. The first-order valence-electron chi connectivity index (χ1n) is 7.63. The van der Waals surface area contributed by atoms with Crippen molar-refractivity contribution in [2.45, 2.75) is 6.54 Å². The predicted octanol–water partition coefficient (Wildman–Crippen LogP) is 3.94. The lowest BCUT2D eigenvalue weighted by molar-refractivity contribution is -0.123. The van der Waals surface area contributed by atoms with Crippen LogP contribution >= 0.6 is 11.8 Å². The van der Waals surface area contributed by atoms with Crippen LogP contribution in [0.1, 0.15) is 11.1 Å². The zero-order valence-electron chi connectivity index (χ0n) is 13.9. The van der Waals surface area contributed by atoms with Gasteiger partial charge >= 0.3 is 0 Å². The quantitative estimate of drug-likeness (QED) is 0.761. The van der Waals surface area contributed by atoms with Gasteiger partial charge in [0.25, 0.3) is 11.1 Å². The Kier molecular flexibility index (Phi) is 5.09. The lowest BCUT2D eigenvalue weighted by Gasteiger charge is -2.12. The number of benzene rings is 2. The summed E-state index contributed by atoms with van der Waals surface area (Å²) < 4.78 is 10.5. The van der Waals surface area contributed by atoms with E-state index >= 15 is 0 Å². The Balaban J connectivity index is 1.85. The molecule has 0 bridgehead atoms. The van der Waals surface area contributed by atoms with E-state index in [1.807, 2.05) is 30.3 Å². The second kappa shape index (κ2) is 7.44. The molecule has 2 aromatic carbocycles. The van der Waals surface area contributed by atoms with Crippen LogP contribution in [0, 0.1) is 0 Å². The largest absolute Gasteiger partial charge is 0.497 e. The molecule has 0 spiro atoms. The Labute approximate surface area is 150 Å². The summed E-state index contributed by atoms with van der Waals surface area (Å²) >= 11 is 0.940. The Bertz CT molecular complexity index is 810. The van der Waals surface area contributed by atoms with Crippen molar-refractivity contribution in [1.82, 2.24) is 4.90 Å². The number of methoxy groups -OCH3 is 2. The first kappa shape index (κ1) is 17.1. The molecule has 0 radical (unpaired) electrons. The third kappa shape index (κ3) is 3.85. The second-order valence-corrected chi connectivity index (χ2v) is 6.39. The Morgan fingerprint density at radius 1 is 1.00 bits per heavy atom. The van der Waals surface area contributed by atoms with E-state index in [0.717, 1.165) is 22.9 Å². The highest BCUT2D eigenvalue weighted by Gasteiger charge is 2.34. The van der Waals surface area contributed by atoms with Gasteiger partial charge in [0, 0.05) is 6.07 Å². The lowest BCUT2D eigenvalue weighted by Crippen LogP contribution is -2.27. The first-order valence-corrected chi connectivity index (χ1v) is 8.44. The molecule has 1 aliphatic rings. The molecule has 1 heterocycles. The van der Waals surface area contributed by atoms with E-state index < -0.39 is 0 Å². The summed E-state index contributed by atoms with van der Waals surface area (Å²) in [5.41, 5.74) is 1.65. The summed E-state index contributed by atoms with van der Waals surface area (Å²) in [5, 5.41) is -0.269. The van der Waals surface area contributed by atoms with Crippen molar-refractivity contribution >= 4 is 29.0 Å². The van der Waals surface area contributed by atoms with E-state index in [0.29, 0.717) is 16.4 Å². The van der Waals surface area contributed by atoms with Crippen molar-refractivity contribution in [1.29, 1.82) is 0 Å². The normalized spacial score (nSPS) is 15.8. The number of hydrogen-bond donors (Lipinski definition) is 0. The number of imide groups is 1. The molecule has 0 atom stereocenters. The predicted molar refractivity (Wildman–Crippen MR) is 97.5 cm³/mol. The third-order valence-corrected chi connectivity index (χ3v) is 4.64. The molecular formula is C19H17NO4S. The van der Waals surface area contributed by atoms with Crippen LogP contribution in [-0.2, 0) is 11.3 Å². The standard InChI is InChI=1S/C19H17NO4S/c1-23-15-8-14(9-16(11-15)24-2)10-17-18(21)20(19(22)25-17)12-13-6-4-3-5-7-13/h3-11H,12H2,1-2H3/b17-10-. The number of amides is 2. The highest BCUT2D eigenvalue weighted by atomic mass is 32.2. The fourth-order valence-electron chi connectivity index (χ4n) is 2.47. The van der Waals surface area contributed by atoms with Crippen molar-refractivity contribution in [3.05, 3.63) is 64.6 Å². The maximum Gasteiger partial charge on any atom is 0.293 e. The van der Waals surface area contributed by atoms with Gasteiger partial charge in [-0.1, -0.05) is 30.3 Å². The van der Waals surface area contributed by atoms with Gasteiger partial charge in [0.15, 0.2) is 0 Å². The minimum atomic E-state index is -0.291. The van der Waals surface area contributed by atoms with Crippen LogP contribution in [0.15, 0.2) is 53.4 Å². The summed E-state index contributed by atoms with van der Waals surface area (Å²) in [4.78, 5) is 26.4. The highest BCUT2D eigenvalue weighted by molar-refractivity contribution is 8.18. The van der Waals surface area contributed by atoms with Crippen molar-refractivity contribution in [3.8, 4) is 11.5 Å². The monoisotopic (exact) mass is 355 g/mol. The maximum absolute atomic E-state index is 12.6. The molecule has 2 aromatic rings. The fraction of sp³-hybridized carbons (Fsp3) is 0.158. The van der Waals surface area contributed by atoms with E-state index in [1.54, 1.807) is 38.5 Å². The number of ether oxygens (including phenoxy) is 2. The number of nitrogens with zero attached hydrogens (tertiary/aromatic N) is 1. The molecule has 5 nitrogen and oxygen atoms in total. The Hall–Kier alpha value is -2.73. The van der Waals surface area contributed by atoms with Gasteiger partial charge in [-0.3, -0.25) is 14.5 Å². The van der Waals surface area contributed by atoms with Crippen LogP contribution in [-0.4, -0.2) is 30.3 Å². The van der Waals surface area contributed by atoms with Crippen molar-refractivity contribution in [2.24, 2.45) is 0 Å². The smallest absolute Gasteiger partial charge is 0.293 e. The fourth-order valence-corrected chi connectivity index (χ4v) is 3.30. The molecular weight excluding hydrogens is 338 g/mol. The summed E-state index contributed by atoms with van der Waals surface area (Å²) in [6, 6.07) is 14.8. The van der Waals surface area contributed by atoms with E-state index in [2.05, 4.69) is 0 Å². The molecule has 6 heteroatoms. The van der Waals surface area contributed by atoms with Gasteiger partial charge < -0.3 is 9.47 Å². The van der Waals surface area contributed by atoms with E-state index in [-0.39, 0.29) is 17.7 Å². The van der Waals surface area contributed by atoms with Crippen LogP contribution in [0.5, 0.6) is 11.5 Å². The van der Waals surface area contributed by atoms with Crippen molar-refractivity contribution < 1.29 is 19.1 Å². The van der Waals surface area contributed by atoms with Crippen molar-refractivity contribution in [2.75, 3.05) is 14.2 Å². The van der Waals surface area contributed by atoms with Gasteiger partial charge in [-0.25, -0.2) is 0 Å². The molecule has 0 saturated carbocycles. The van der Waals surface area contributed by atoms with E-state index in [4.69, 9.17) is 9.47 Å². The van der Waals surface area contributed by atoms with E-state index in [1.165, 1.54) is 4.90 Å². The number of rotatable bonds is 5. The van der Waals surface area contributed by atoms with Gasteiger partial charge in [-0.2, -0.15) is 0 Å². The average molecular weight is 355 g/mol. The first-order chi connectivity index (χ1) is 12.1. The van der Waals surface area contributed by atoms with E-state index in [9.17, 15) is 9.59 Å². The molecule has 1 aliphatic heterocycles. The van der Waals surface area contributed by atoms with Crippen LogP contribution in [0.25, 0.3) is 6.08 Å². The maximum atomic E-state index is 12.6. The Morgan fingerprint density at radius 3 is 2.24 bits per heavy atom. The lowest BCUT2D eigenvalue weighted by atomic mass is 10.1. The average Bonchev–Trinajstić information content (AvgIpc) is 2.89. The number of thioether (sulfide) groups is 1. The molecule has 0 N–H and O–H groups in total.